The summed E-state index contributed by atoms with van der Waals surface area (Å²) >= 11 is 0. The van der Waals surface area contributed by atoms with Crippen LogP contribution in [0.2, 0.25) is 0 Å². The van der Waals surface area contributed by atoms with Crippen LogP contribution in [0.1, 0.15) is 38.3 Å². The predicted octanol–water partition coefficient (Wildman–Crippen LogP) is 3.78. The standard InChI is InChI=1S/C14H19N3O3/c1-3-19-13-8-6-5-7-11(13)12(16-17-15)9-10-14(18)20-4-2/h5-8,12H,3-4,9-10H2,1-2H3. The third-order valence-corrected chi connectivity index (χ3v) is 2.70. The van der Waals surface area contributed by atoms with Crippen LogP contribution in [0.5, 0.6) is 5.75 Å². The number of rotatable bonds is 8. The zero-order chi connectivity index (χ0) is 14.8. The molecule has 1 aromatic rings. The van der Waals surface area contributed by atoms with Crippen molar-refractivity contribution in [2.45, 2.75) is 32.7 Å². The number of carbonyl (C=O) groups is 1. The average molecular weight is 277 g/mol. The molecule has 0 N–H and O–H groups in total. The van der Waals surface area contributed by atoms with Gasteiger partial charge in [0.1, 0.15) is 5.75 Å². The topological polar surface area (TPSA) is 84.3 Å². The fourth-order valence-electron chi connectivity index (χ4n) is 1.87. The summed E-state index contributed by atoms with van der Waals surface area (Å²) < 4.78 is 10.4. The van der Waals surface area contributed by atoms with E-state index in [1.165, 1.54) is 0 Å². The number of hydrogen-bond acceptors (Lipinski definition) is 4. The number of hydrogen-bond donors (Lipinski definition) is 0. The number of nitrogens with zero attached hydrogens (tertiary/aromatic N) is 3. The smallest absolute Gasteiger partial charge is 0.305 e. The van der Waals surface area contributed by atoms with Crippen molar-refractivity contribution in [1.82, 2.24) is 0 Å². The first-order valence-corrected chi connectivity index (χ1v) is 6.64. The Kier molecular flexibility index (Phi) is 7.00. The van der Waals surface area contributed by atoms with Crippen molar-refractivity contribution < 1.29 is 14.3 Å². The zero-order valence-electron chi connectivity index (χ0n) is 11.8. The normalized spacial score (nSPS) is 11.3. The highest BCUT2D eigenvalue weighted by atomic mass is 16.5. The molecule has 108 valence electrons. The lowest BCUT2D eigenvalue weighted by molar-refractivity contribution is -0.143. The predicted molar refractivity (Wildman–Crippen MR) is 75.4 cm³/mol. The second kappa shape index (κ2) is 8.82. The number of para-hydroxylation sites is 1. The largest absolute Gasteiger partial charge is 0.494 e. The second-order valence-electron chi connectivity index (χ2n) is 4.04. The van der Waals surface area contributed by atoms with Crippen molar-refractivity contribution in [2.75, 3.05) is 13.2 Å². The molecule has 0 aliphatic heterocycles. The van der Waals surface area contributed by atoms with Crippen LogP contribution in [0.15, 0.2) is 29.4 Å². The molecule has 0 spiro atoms. The molecule has 0 aliphatic rings. The Morgan fingerprint density at radius 2 is 2.10 bits per heavy atom. The van der Waals surface area contributed by atoms with E-state index in [9.17, 15) is 4.79 Å². The molecule has 0 saturated carbocycles. The average Bonchev–Trinajstić information content (AvgIpc) is 2.45. The van der Waals surface area contributed by atoms with Gasteiger partial charge in [-0.15, -0.1) is 0 Å². The van der Waals surface area contributed by atoms with Crippen LogP contribution in [0.3, 0.4) is 0 Å². The van der Waals surface area contributed by atoms with Crippen molar-refractivity contribution in [3.8, 4) is 5.75 Å². The van der Waals surface area contributed by atoms with E-state index in [1.54, 1.807) is 6.92 Å². The molecule has 1 rings (SSSR count). The number of azide groups is 1. The van der Waals surface area contributed by atoms with E-state index in [0.29, 0.717) is 25.4 Å². The van der Waals surface area contributed by atoms with E-state index in [2.05, 4.69) is 10.0 Å². The minimum Gasteiger partial charge on any atom is -0.494 e. The number of benzene rings is 1. The maximum Gasteiger partial charge on any atom is 0.305 e. The van der Waals surface area contributed by atoms with E-state index in [-0.39, 0.29) is 12.4 Å². The Labute approximate surface area is 118 Å². The molecule has 20 heavy (non-hydrogen) atoms. The summed E-state index contributed by atoms with van der Waals surface area (Å²) in [5.41, 5.74) is 9.48. The van der Waals surface area contributed by atoms with Crippen LogP contribution >= 0.6 is 0 Å². The van der Waals surface area contributed by atoms with Crippen molar-refractivity contribution in [3.63, 3.8) is 0 Å². The Morgan fingerprint density at radius 1 is 1.35 bits per heavy atom. The second-order valence-corrected chi connectivity index (χ2v) is 4.04. The Balaban J connectivity index is 2.85. The first-order valence-electron chi connectivity index (χ1n) is 6.64. The van der Waals surface area contributed by atoms with Crippen molar-refractivity contribution in [3.05, 3.63) is 40.3 Å². The molecule has 6 nitrogen and oxygen atoms in total. The maximum atomic E-state index is 11.4. The van der Waals surface area contributed by atoms with Gasteiger partial charge in [0, 0.05) is 16.9 Å². The van der Waals surface area contributed by atoms with Gasteiger partial charge in [-0.3, -0.25) is 4.79 Å². The molecule has 1 aromatic carbocycles. The molecule has 6 heteroatoms. The molecule has 0 amide bonds. The lowest BCUT2D eigenvalue weighted by Gasteiger charge is -2.15. The Hall–Kier alpha value is -2.20. The van der Waals surface area contributed by atoms with E-state index >= 15 is 0 Å². The highest BCUT2D eigenvalue weighted by molar-refractivity contribution is 5.69. The summed E-state index contributed by atoms with van der Waals surface area (Å²) in [6.07, 6.45) is 0.602. The molecule has 1 unspecified atom stereocenters. The third kappa shape index (κ3) is 4.82. The summed E-state index contributed by atoms with van der Waals surface area (Å²) in [7, 11) is 0. The monoisotopic (exact) mass is 277 g/mol. The summed E-state index contributed by atoms with van der Waals surface area (Å²) in [4.78, 5) is 14.3. The highest BCUT2D eigenvalue weighted by Crippen LogP contribution is 2.31. The zero-order valence-corrected chi connectivity index (χ0v) is 11.8. The van der Waals surface area contributed by atoms with Gasteiger partial charge in [-0.2, -0.15) is 0 Å². The van der Waals surface area contributed by atoms with Crippen molar-refractivity contribution in [1.29, 1.82) is 0 Å². The molecule has 0 saturated heterocycles. The summed E-state index contributed by atoms with van der Waals surface area (Å²) in [5.74, 6) is 0.385. The SMILES string of the molecule is CCOC(=O)CCC(N=[N+]=[N-])c1ccccc1OCC. The van der Waals surface area contributed by atoms with Gasteiger partial charge in [-0.25, -0.2) is 0 Å². The molecule has 0 bridgehead atoms. The fraction of sp³-hybridized carbons (Fsp3) is 0.500. The van der Waals surface area contributed by atoms with Crippen molar-refractivity contribution in [2.24, 2.45) is 5.11 Å². The Morgan fingerprint density at radius 3 is 2.75 bits per heavy atom. The summed E-state index contributed by atoms with van der Waals surface area (Å²) in [6, 6.07) is 6.93. The van der Waals surface area contributed by atoms with Crippen LogP contribution in [0.4, 0.5) is 0 Å². The molecular weight excluding hydrogens is 258 g/mol. The van der Waals surface area contributed by atoms with Crippen LogP contribution in [-0.4, -0.2) is 19.2 Å². The Bertz CT molecular complexity index is 484. The molecule has 0 aliphatic carbocycles. The molecular formula is C14H19N3O3. The van der Waals surface area contributed by atoms with Gasteiger partial charge in [0.2, 0.25) is 0 Å². The highest BCUT2D eigenvalue weighted by Gasteiger charge is 2.16. The summed E-state index contributed by atoms with van der Waals surface area (Å²) in [6.45, 7) is 4.52. The van der Waals surface area contributed by atoms with Crippen LogP contribution in [0, 0.1) is 0 Å². The van der Waals surface area contributed by atoms with Gasteiger partial charge in [0.05, 0.1) is 19.3 Å². The van der Waals surface area contributed by atoms with Gasteiger partial charge in [0.15, 0.2) is 0 Å². The summed E-state index contributed by atoms with van der Waals surface area (Å²) in [5, 5.41) is 3.76. The lowest BCUT2D eigenvalue weighted by Crippen LogP contribution is -2.07. The number of ether oxygens (including phenoxy) is 2. The van der Waals surface area contributed by atoms with Gasteiger partial charge in [-0.05, 0) is 31.9 Å². The molecule has 0 aromatic heterocycles. The molecule has 0 heterocycles. The van der Waals surface area contributed by atoms with Crippen LogP contribution in [0.25, 0.3) is 10.4 Å². The van der Waals surface area contributed by atoms with E-state index in [0.717, 1.165) is 5.56 Å². The van der Waals surface area contributed by atoms with Crippen LogP contribution < -0.4 is 4.74 Å². The van der Waals surface area contributed by atoms with Crippen LogP contribution in [-0.2, 0) is 9.53 Å². The van der Waals surface area contributed by atoms with Gasteiger partial charge < -0.3 is 9.47 Å². The fourth-order valence-corrected chi connectivity index (χ4v) is 1.87. The number of esters is 1. The van der Waals surface area contributed by atoms with Crippen molar-refractivity contribution >= 4 is 5.97 Å². The van der Waals surface area contributed by atoms with E-state index in [1.807, 2.05) is 31.2 Å². The molecule has 0 radical (unpaired) electrons. The third-order valence-electron chi connectivity index (χ3n) is 2.70. The quantitative estimate of drug-likeness (QED) is 0.313. The van der Waals surface area contributed by atoms with E-state index < -0.39 is 6.04 Å². The minimum absolute atomic E-state index is 0.206. The van der Waals surface area contributed by atoms with Gasteiger partial charge in [0.25, 0.3) is 0 Å². The molecule has 1 atom stereocenters. The first kappa shape index (κ1) is 15.9. The molecule has 0 fully saturated rings. The number of carbonyl (C=O) groups excluding carboxylic acids is 1. The van der Waals surface area contributed by atoms with E-state index in [4.69, 9.17) is 15.0 Å². The maximum absolute atomic E-state index is 11.4. The minimum atomic E-state index is -0.438. The lowest BCUT2D eigenvalue weighted by atomic mass is 10.0. The first-order chi connectivity index (χ1) is 9.72. The van der Waals surface area contributed by atoms with Gasteiger partial charge in [-0.1, -0.05) is 23.3 Å². The van der Waals surface area contributed by atoms with Gasteiger partial charge >= 0.3 is 5.97 Å².